The lowest BCUT2D eigenvalue weighted by molar-refractivity contribution is -0.124. The maximum Gasteiger partial charge on any atom is 0.223 e. The van der Waals surface area contributed by atoms with Gasteiger partial charge in [-0.3, -0.25) is 14.7 Å². The van der Waals surface area contributed by atoms with E-state index in [4.69, 9.17) is 0 Å². The van der Waals surface area contributed by atoms with Crippen LogP contribution in [0.3, 0.4) is 0 Å². The molecule has 0 saturated heterocycles. The molecule has 6 nitrogen and oxygen atoms in total. The fraction of sp³-hybridized carbons (Fsp3) is 0.722. The van der Waals surface area contributed by atoms with Crippen LogP contribution in [0.15, 0.2) is 6.07 Å². The third kappa shape index (κ3) is 5.65. The monoisotopic (exact) mass is 334 g/mol. The Hall–Kier alpha value is -1.85. The normalized spacial score (nSPS) is 18.0. The molecule has 0 aliphatic heterocycles. The van der Waals surface area contributed by atoms with Gasteiger partial charge in [-0.1, -0.05) is 13.3 Å². The number of aryl methyl sites for hydroxylation is 1. The number of carbonyl (C=O) groups excluding carboxylic acids is 2. The van der Waals surface area contributed by atoms with Crippen LogP contribution in [-0.2, 0) is 9.59 Å². The van der Waals surface area contributed by atoms with E-state index in [0.29, 0.717) is 6.54 Å². The van der Waals surface area contributed by atoms with Gasteiger partial charge in [-0.05, 0) is 45.1 Å². The summed E-state index contributed by atoms with van der Waals surface area (Å²) in [5.74, 6) is 1.16. The van der Waals surface area contributed by atoms with Crippen LogP contribution < -0.4 is 5.32 Å². The van der Waals surface area contributed by atoms with E-state index in [1.165, 1.54) is 30.7 Å². The van der Waals surface area contributed by atoms with Crippen molar-refractivity contribution in [2.75, 3.05) is 13.6 Å². The van der Waals surface area contributed by atoms with E-state index in [9.17, 15) is 9.59 Å². The minimum absolute atomic E-state index is 0.0956. The number of nitrogens with one attached hydrogen (secondary N) is 2. The highest BCUT2D eigenvalue weighted by Gasteiger charge is 2.30. The summed E-state index contributed by atoms with van der Waals surface area (Å²) < 4.78 is 0. The van der Waals surface area contributed by atoms with Crippen molar-refractivity contribution in [2.24, 2.45) is 5.92 Å². The van der Waals surface area contributed by atoms with Crippen LogP contribution in [0.2, 0.25) is 0 Å². The van der Waals surface area contributed by atoms with E-state index in [2.05, 4.69) is 28.5 Å². The molecule has 2 aliphatic rings. The fourth-order valence-corrected chi connectivity index (χ4v) is 2.68. The Morgan fingerprint density at radius 2 is 2.17 bits per heavy atom. The van der Waals surface area contributed by atoms with Gasteiger partial charge >= 0.3 is 0 Å². The summed E-state index contributed by atoms with van der Waals surface area (Å²) in [7, 11) is 1.72. The number of nitrogens with zero attached hydrogens (tertiary/aromatic N) is 2. The van der Waals surface area contributed by atoms with E-state index in [-0.39, 0.29) is 17.9 Å². The molecule has 0 spiro atoms. The van der Waals surface area contributed by atoms with Crippen molar-refractivity contribution < 1.29 is 9.59 Å². The van der Waals surface area contributed by atoms with Gasteiger partial charge in [0.1, 0.15) is 0 Å². The van der Waals surface area contributed by atoms with Crippen molar-refractivity contribution in [1.29, 1.82) is 0 Å². The van der Waals surface area contributed by atoms with E-state index in [1.807, 2.05) is 6.92 Å². The van der Waals surface area contributed by atoms with Gasteiger partial charge < -0.3 is 10.2 Å². The molecule has 2 fully saturated rings. The zero-order chi connectivity index (χ0) is 17.5. The summed E-state index contributed by atoms with van der Waals surface area (Å²) in [6, 6.07) is 2.25. The average molecular weight is 334 g/mol. The second-order valence-corrected chi connectivity index (χ2v) is 7.04. The minimum atomic E-state index is 0.0956. The maximum absolute atomic E-state index is 11.4. The van der Waals surface area contributed by atoms with Gasteiger partial charge in [-0.15, -0.1) is 0 Å². The van der Waals surface area contributed by atoms with E-state index in [0.717, 1.165) is 31.6 Å². The molecule has 1 heterocycles. The van der Waals surface area contributed by atoms with Crippen molar-refractivity contribution >= 4 is 12.3 Å². The van der Waals surface area contributed by atoms with Gasteiger partial charge in [0.2, 0.25) is 12.3 Å². The number of aromatic nitrogens is 2. The Labute approximate surface area is 144 Å². The first-order chi connectivity index (χ1) is 11.5. The first-order valence-corrected chi connectivity index (χ1v) is 9.01. The lowest BCUT2D eigenvalue weighted by atomic mass is 9.83. The lowest BCUT2D eigenvalue weighted by Gasteiger charge is -2.22. The molecular formula is C18H30N4O2. The van der Waals surface area contributed by atoms with Crippen LogP contribution in [0.4, 0.5) is 0 Å². The quantitative estimate of drug-likeness (QED) is 0.752. The van der Waals surface area contributed by atoms with Crippen LogP contribution in [0, 0.1) is 12.8 Å². The second kappa shape index (κ2) is 8.85. The fourth-order valence-electron chi connectivity index (χ4n) is 2.68. The second-order valence-electron chi connectivity index (χ2n) is 7.04. The molecule has 1 aromatic heterocycles. The van der Waals surface area contributed by atoms with Gasteiger partial charge in [-0.25, -0.2) is 0 Å². The molecule has 2 amide bonds. The van der Waals surface area contributed by atoms with Crippen molar-refractivity contribution in [2.45, 2.75) is 64.3 Å². The highest BCUT2D eigenvalue weighted by Crippen LogP contribution is 2.35. The summed E-state index contributed by atoms with van der Waals surface area (Å²) in [5.41, 5.74) is 2.45. The van der Waals surface area contributed by atoms with Crippen molar-refractivity contribution in [3.05, 3.63) is 17.5 Å². The number of rotatable bonds is 7. The van der Waals surface area contributed by atoms with Crippen molar-refractivity contribution in [3.8, 4) is 0 Å². The molecule has 1 unspecified atom stereocenters. The largest absolute Gasteiger partial charge is 0.351 e. The average Bonchev–Trinajstić information content (AvgIpc) is 3.29. The van der Waals surface area contributed by atoms with Gasteiger partial charge in [0, 0.05) is 37.2 Å². The molecule has 2 aliphatic carbocycles. The molecule has 0 aromatic carbocycles. The van der Waals surface area contributed by atoms with Crippen LogP contribution in [-0.4, -0.2) is 47.0 Å². The van der Waals surface area contributed by atoms with E-state index in [1.54, 1.807) is 11.9 Å². The van der Waals surface area contributed by atoms with Gasteiger partial charge in [0.15, 0.2) is 0 Å². The van der Waals surface area contributed by atoms with Gasteiger partial charge in [0.25, 0.3) is 0 Å². The Kier molecular flexibility index (Phi) is 6.82. The summed E-state index contributed by atoms with van der Waals surface area (Å²) in [5, 5.41) is 10.1. The zero-order valence-corrected chi connectivity index (χ0v) is 15.0. The summed E-state index contributed by atoms with van der Waals surface area (Å²) in [4.78, 5) is 23.4. The Balaban J connectivity index is 0.000000182. The maximum atomic E-state index is 11.4. The zero-order valence-electron chi connectivity index (χ0n) is 15.0. The molecule has 1 aromatic rings. The number of aromatic amines is 1. The first-order valence-electron chi connectivity index (χ1n) is 9.01. The molecule has 3 rings (SSSR count). The number of carbonyl (C=O) groups is 2. The van der Waals surface area contributed by atoms with Crippen LogP contribution in [0.5, 0.6) is 0 Å². The van der Waals surface area contributed by atoms with Crippen molar-refractivity contribution in [3.63, 3.8) is 0 Å². The predicted octanol–water partition coefficient (Wildman–Crippen LogP) is 2.37. The Morgan fingerprint density at radius 1 is 1.46 bits per heavy atom. The topological polar surface area (TPSA) is 78.1 Å². The molecule has 6 heteroatoms. The summed E-state index contributed by atoms with van der Waals surface area (Å²) >= 11 is 0. The Morgan fingerprint density at radius 3 is 2.58 bits per heavy atom. The molecule has 2 saturated carbocycles. The molecule has 2 N–H and O–H groups in total. The minimum Gasteiger partial charge on any atom is -0.351 e. The third-order valence-electron chi connectivity index (χ3n) is 4.72. The number of hydrogen-bond donors (Lipinski definition) is 2. The summed E-state index contributed by atoms with van der Waals surface area (Å²) in [6.45, 7) is 4.66. The number of H-pyrrole nitrogens is 1. The Bertz CT molecular complexity index is 535. The highest BCUT2D eigenvalue weighted by atomic mass is 16.2. The van der Waals surface area contributed by atoms with Crippen molar-refractivity contribution in [1.82, 2.24) is 20.4 Å². The first kappa shape index (κ1) is 18.5. The number of hydrogen-bond acceptors (Lipinski definition) is 3. The molecule has 134 valence electrons. The van der Waals surface area contributed by atoms with Crippen LogP contribution in [0.25, 0.3) is 0 Å². The molecule has 0 bridgehead atoms. The summed E-state index contributed by atoms with van der Waals surface area (Å²) in [6.07, 6.45) is 7.74. The molecule has 1 atom stereocenters. The van der Waals surface area contributed by atoms with Gasteiger partial charge in [-0.2, -0.15) is 5.10 Å². The van der Waals surface area contributed by atoms with Crippen LogP contribution in [0.1, 0.15) is 62.8 Å². The SMILES string of the molecule is CCC(CN(C)C=O)NC(=O)C1CC1.Cc1cc(C2CCC2)n[nH]1. The third-order valence-corrected chi connectivity index (χ3v) is 4.72. The lowest BCUT2D eigenvalue weighted by Crippen LogP contribution is -2.42. The standard InChI is InChI=1S/C10H18N2O2.C8H12N2/c1-3-9(6-12(2)7-13)11-10(14)8-4-5-8;1-6-5-8(10-9-6)7-3-2-4-7/h7-9H,3-6H2,1-2H3,(H,11,14);5,7H,2-4H2,1H3,(H,9,10). The smallest absolute Gasteiger partial charge is 0.223 e. The van der Waals surface area contributed by atoms with Gasteiger partial charge in [0.05, 0.1) is 5.69 Å². The van der Waals surface area contributed by atoms with E-state index < -0.39 is 0 Å². The number of amides is 2. The molecule has 0 radical (unpaired) electrons. The van der Waals surface area contributed by atoms with Crippen LogP contribution >= 0.6 is 0 Å². The molecule has 24 heavy (non-hydrogen) atoms. The molecular weight excluding hydrogens is 304 g/mol. The highest BCUT2D eigenvalue weighted by molar-refractivity contribution is 5.81. The van der Waals surface area contributed by atoms with E-state index >= 15 is 0 Å². The number of likely N-dealkylation sites (N-methyl/N-ethyl adjacent to an activating group) is 1. The predicted molar refractivity (Wildman–Crippen MR) is 93.6 cm³/mol.